The maximum absolute atomic E-state index is 13.2. The van der Waals surface area contributed by atoms with Gasteiger partial charge in [0.1, 0.15) is 5.75 Å². The second-order valence-corrected chi connectivity index (χ2v) is 9.65. The van der Waals surface area contributed by atoms with Crippen molar-refractivity contribution in [1.29, 1.82) is 0 Å². The Labute approximate surface area is 182 Å². The predicted molar refractivity (Wildman–Crippen MR) is 107 cm³/mol. The zero-order valence-electron chi connectivity index (χ0n) is 15.9. The Bertz CT molecular complexity index is 1070. The molecular formula is C21H18Cl2N2O5. The van der Waals surface area contributed by atoms with E-state index in [1.165, 1.54) is 13.1 Å². The fourth-order valence-corrected chi connectivity index (χ4v) is 6.74. The van der Waals surface area contributed by atoms with Gasteiger partial charge in [0.2, 0.25) is 11.8 Å². The van der Waals surface area contributed by atoms with Gasteiger partial charge in [-0.15, -0.1) is 23.2 Å². The Kier molecular flexibility index (Phi) is 3.97. The number of imide groups is 2. The van der Waals surface area contributed by atoms with E-state index in [0.717, 1.165) is 4.90 Å². The maximum Gasteiger partial charge on any atom is 0.253 e. The number of para-hydroxylation sites is 1. The monoisotopic (exact) mass is 448 g/mol. The molecule has 6 atom stereocenters. The first-order valence-electron chi connectivity index (χ1n) is 9.66. The molecule has 0 radical (unpaired) electrons. The fourth-order valence-electron chi connectivity index (χ4n) is 5.73. The number of halogens is 2. The molecule has 0 aromatic heterocycles. The Hall–Kier alpha value is -2.38. The second kappa shape index (κ2) is 6.08. The highest BCUT2D eigenvalue weighted by atomic mass is 35.5. The molecule has 1 saturated carbocycles. The topological polar surface area (TPSA) is 104 Å². The molecule has 5 rings (SSSR count). The second-order valence-electron chi connectivity index (χ2n) is 8.41. The molecule has 0 bridgehead atoms. The molecule has 2 saturated heterocycles. The van der Waals surface area contributed by atoms with Crippen LogP contribution in [0.3, 0.4) is 0 Å². The normalized spacial score (nSPS) is 40.0. The lowest BCUT2D eigenvalue weighted by atomic mass is 9.56. The quantitative estimate of drug-likeness (QED) is 0.386. The molecule has 2 N–H and O–H groups in total. The van der Waals surface area contributed by atoms with Crippen molar-refractivity contribution in [1.82, 2.24) is 10.2 Å². The number of likely N-dealkylation sites (tertiary alicyclic amines) is 1. The van der Waals surface area contributed by atoms with E-state index in [2.05, 4.69) is 5.32 Å². The number of phenolic OH excluding ortho intramolecular Hbond substituents is 1. The molecule has 1 aromatic carbocycles. The van der Waals surface area contributed by atoms with Crippen molar-refractivity contribution in [2.24, 2.45) is 17.8 Å². The van der Waals surface area contributed by atoms with Gasteiger partial charge in [0.15, 0.2) is 9.75 Å². The summed E-state index contributed by atoms with van der Waals surface area (Å²) in [4.78, 5) is 48.4. The molecule has 1 aromatic rings. The number of amides is 4. The minimum atomic E-state index is -1.87. The molecule has 2 aliphatic carbocycles. The highest BCUT2D eigenvalue weighted by molar-refractivity contribution is 6.53. The summed E-state index contributed by atoms with van der Waals surface area (Å²) in [6.07, 6.45) is 2.07. The van der Waals surface area contributed by atoms with E-state index in [9.17, 15) is 24.3 Å². The number of alkyl halides is 2. The summed E-state index contributed by atoms with van der Waals surface area (Å²) < 4.78 is 0. The first-order chi connectivity index (χ1) is 14.1. The summed E-state index contributed by atoms with van der Waals surface area (Å²) in [5, 5.41) is 13.0. The van der Waals surface area contributed by atoms with Gasteiger partial charge >= 0.3 is 0 Å². The molecule has 156 valence electrons. The van der Waals surface area contributed by atoms with Crippen molar-refractivity contribution in [3.63, 3.8) is 0 Å². The van der Waals surface area contributed by atoms with Gasteiger partial charge in [-0.05, 0) is 24.8 Å². The molecule has 3 fully saturated rings. The van der Waals surface area contributed by atoms with Crippen LogP contribution in [0.15, 0.2) is 35.9 Å². The Morgan fingerprint density at radius 2 is 1.77 bits per heavy atom. The number of phenols is 1. The first kappa shape index (κ1) is 19.6. The third-order valence-electron chi connectivity index (χ3n) is 7.10. The average Bonchev–Trinajstić information content (AvgIpc) is 3.07. The Balaban J connectivity index is 1.78. The zero-order chi connectivity index (χ0) is 21.6. The van der Waals surface area contributed by atoms with E-state index in [-0.39, 0.29) is 18.1 Å². The van der Waals surface area contributed by atoms with E-state index in [1.54, 1.807) is 18.2 Å². The van der Waals surface area contributed by atoms with Crippen molar-refractivity contribution < 1.29 is 24.3 Å². The smallest absolute Gasteiger partial charge is 0.253 e. The van der Waals surface area contributed by atoms with E-state index in [4.69, 9.17) is 23.2 Å². The van der Waals surface area contributed by atoms with Gasteiger partial charge in [-0.25, -0.2) is 0 Å². The molecule has 4 amide bonds. The highest BCUT2D eigenvalue weighted by Gasteiger charge is 2.75. The number of hydrogen-bond donors (Lipinski definition) is 2. The lowest BCUT2D eigenvalue weighted by Crippen LogP contribution is -2.60. The minimum absolute atomic E-state index is 0.0508. The maximum atomic E-state index is 13.2. The van der Waals surface area contributed by atoms with Gasteiger partial charge in [-0.1, -0.05) is 29.8 Å². The van der Waals surface area contributed by atoms with Crippen LogP contribution < -0.4 is 5.32 Å². The van der Waals surface area contributed by atoms with E-state index < -0.39 is 51.1 Å². The van der Waals surface area contributed by atoms with Crippen LogP contribution in [-0.2, 0) is 19.2 Å². The third kappa shape index (κ3) is 2.12. The average molecular weight is 449 g/mol. The largest absolute Gasteiger partial charge is 0.508 e. The van der Waals surface area contributed by atoms with Gasteiger partial charge in [0.05, 0.1) is 11.8 Å². The van der Waals surface area contributed by atoms with Gasteiger partial charge < -0.3 is 5.11 Å². The van der Waals surface area contributed by atoms with Crippen LogP contribution in [0, 0.1) is 17.8 Å². The van der Waals surface area contributed by atoms with Crippen LogP contribution in [0.1, 0.15) is 24.3 Å². The van der Waals surface area contributed by atoms with Gasteiger partial charge in [0, 0.05) is 18.5 Å². The summed E-state index contributed by atoms with van der Waals surface area (Å²) in [7, 11) is 1.33. The molecule has 9 heteroatoms. The summed E-state index contributed by atoms with van der Waals surface area (Å²) in [6.45, 7) is 0. The summed E-state index contributed by atoms with van der Waals surface area (Å²) >= 11 is 13.9. The molecule has 0 spiro atoms. The number of nitrogens with one attached hydrogen (secondary N) is 1. The minimum Gasteiger partial charge on any atom is -0.508 e. The third-order valence-corrected chi connectivity index (χ3v) is 8.52. The molecular weight excluding hydrogens is 431 g/mol. The Morgan fingerprint density at radius 3 is 2.47 bits per heavy atom. The van der Waals surface area contributed by atoms with Crippen LogP contribution in [0.5, 0.6) is 5.75 Å². The number of carbonyl (C=O) groups is 4. The van der Waals surface area contributed by atoms with Crippen LogP contribution in [0.4, 0.5) is 0 Å². The van der Waals surface area contributed by atoms with Crippen molar-refractivity contribution >= 4 is 46.8 Å². The zero-order valence-corrected chi connectivity index (χ0v) is 17.4. The van der Waals surface area contributed by atoms with Crippen molar-refractivity contribution in [3.8, 4) is 5.75 Å². The SMILES string of the molecule is CN1C(=O)[C@]2(Cl)C[C@@H]3C(=CC[C@@H]4C(=O)NC(=O)[C@@H]43)[C@H](c3ccccc3O)[C@]2(Cl)C1=O. The first-order valence-corrected chi connectivity index (χ1v) is 10.4. The molecule has 7 nitrogen and oxygen atoms in total. The lowest BCUT2D eigenvalue weighted by molar-refractivity contribution is -0.138. The van der Waals surface area contributed by atoms with Crippen LogP contribution >= 0.6 is 23.2 Å². The number of hydrogen-bond acceptors (Lipinski definition) is 5. The van der Waals surface area contributed by atoms with Crippen LogP contribution in [0.2, 0.25) is 0 Å². The fraction of sp³-hybridized carbons (Fsp3) is 0.429. The molecule has 0 unspecified atom stereocenters. The number of carbonyl (C=O) groups excluding carboxylic acids is 4. The summed E-state index contributed by atoms with van der Waals surface area (Å²) in [5.41, 5.74) is 1.01. The van der Waals surface area contributed by atoms with Crippen molar-refractivity contribution in [3.05, 3.63) is 41.5 Å². The summed E-state index contributed by atoms with van der Waals surface area (Å²) in [5.74, 6) is -4.88. The number of benzene rings is 1. The van der Waals surface area contributed by atoms with Crippen molar-refractivity contribution in [2.45, 2.75) is 28.5 Å². The van der Waals surface area contributed by atoms with Crippen LogP contribution in [0.25, 0.3) is 0 Å². The highest BCUT2D eigenvalue weighted by Crippen LogP contribution is 2.65. The molecule has 2 heterocycles. The van der Waals surface area contributed by atoms with Crippen molar-refractivity contribution in [2.75, 3.05) is 7.05 Å². The van der Waals surface area contributed by atoms with Gasteiger partial charge in [-0.3, -0.25) is 29.4 Å². The molecule has 30 heavy (non-hydrogen) atoms. The van der Waals surface area contributed by atoms with Crippen LogP contribution in [-0.4, -0.2) is 50.4 Å². The Morgan fingerprint density at radius 1 is 1.07 bits per heavy atom. The number of fused-ring (bicyclic) bond motifs is 4. The number of rotatable bonds is 1. The number of nitrogens with zero attached hydrogens (tertiary/aromatic N) is 1. The van der Waals surface area contributed by atoms with Gasteiger partial charge in [0.25, 0.3) is 11.8 Å². The standard InChI is InChI=1S/C21H18Cl2N2O5/c1-25-18(29)20(22)8-12-9(6-7-11-14(12)17(28)24-16(11)27)15(21(20,23)19(25)30)10-4-2-3-5-13(10)26/h2-6,11-12,14-15,26H,7-8H2,1H3,(H,24,27,28)/t11-,12+,14-,15+,20+,21-/m0/s1. The molecule has 2 aliphatic heterocycles. The lowest BCUT2D eigenvalue weighted by Gasteiger charge is -2.50. The van der Waals surface area contributed by atoms with E-state index in [0.29, 0.717) is 17.6 Å². The van der Waals surface area contributed by atoms with E-state index >= 15 is 0 Å². The summed E-state index contributed by atoms with van der Waals surface area (Å²) in [6, 6.07) is 6.43. The number of aromatic hydroxyl groups is 1. The van der Waals surface area contributed by atoms with Gasteiger partial charge in [-0.2, -0.15) is 0 Å². The van der Waals surface area contributed by atoms with E-state index in [1.807, 2.05) is 6.08 Å². The molecule has 4 aliphatic rings. The predicted octanol–water partition coefficient (Wildman–Crippen LogP) is 1.67. The number of allylic oxidation sites excluding steroid dienone is 2.